The third kappa shape index (κ3) is 3.31. The molecule has 0 saturated heterocycles. The second-order valence-corrected chi connectivity index (χ2v) is 4.16. The molecule has 1 rings (SSSR count). The molecule has 0 aromatic heterocycles. The molecule has 76 valence electrons. The topological polar surface area (TPSA) is 29.1 Å². The predicted molar refractivity (Wildman–Crippen MR) is 61.4 cm³/mol. The highest BCUT2D eigenvalue weighted by molar-refractivity contribution is 9.10. The van der Waals surface area contributed by atoms with Crippen molar-refractivity contribution in [3.05, 3.63) is 34.3 Å². The monoisotopic (exact) mass is 275 g/mol. The largest absolute Gasteiger partial charge is 0.349 e. The maximum Gasteiger partial charge on any atom is 0.235 e. The zero-order chi connectivity index (χ0) is 10.6. The lowest BCUT2D eigenvalue weighted by Crippen LogP contribution is -2.27. The second-order valence-electron chi connectivity index (χ2n) is 2.98. The van der Waals surface area contributed by atoms with Crippen molar-refractivity contribution >= 4 is 33.4 Å². The Morgan fingerprint density at radius 3 is 2.93 bits per heavy atom. The molecule has 0 unspecified atom stereocenters. The van der Waals surface area contributed by atoms with E-state index in [1.807, 2.05) is 31.2 Å². The Hall–Kier alpha value is -0.540. The highest BCUT2D eigenvalue weighted by atomic mass is 79.9. The molecule has 1 amide bonds. The third-order valence-corrected chi connectivity index (χ3v) is 2.58. The van der Waals surface area contributed by atoms with Crippen LogP contribution in [0.15, 0.2) is 28.7 Å². The van der Waals surface area contributed by atoms with Crippen molar-refractivity contribution in [1.82, 2.24) is 5.32 Å². The predicted octanol–water partition coefficient (Wildman–Crippen LogP) is 2.87. The molecule has 0 heterocycles. The summed E-state index contributed by atoms with van der Waals surface area (Å²) >= 11 is 8.77. The molecule has 0 spiro atoms. The van der Waals surface area contributed by atoms with E-state index in [0.29, 0.717) is 0 Å². The van der Waals surface area contributed by atoms with Crippen molar-refractivity contribution < 1.29 is 4.79 Å². The molecule has 0 aliphatic carbocycles. The minimum Gasteiger partial charge on any atom is -0.349 e. The van der Waals surface area contributed by atoms with Crippen LogP contribution in [-0.4, -0.2) is 11.8 Å². The number of halogens is 2. The molecule has 0 aliphatic rings. The van der Waals surface area contributed by atoms with Gasteiger partial charge in [-0.1, -0.05) is 28.1 Å². The van der Waals surface area contributed by atoms with Gasteiger partial charge in [0.05, 0.1) is 6.04 Å². The summed E-state index contributed by atoms with van der Waals surface area (Å²) < 4.78 is 1.00. The first kappa shape index (κ1) is 11.5. The SMILES string of the molecule is C[C@H](NC(=O)CCl)c1cccc(Br)c1. The Morgan fingerprint density at radius 1 is 1.64 bits per heavy atom. The quantitative estimate of drug-likeness (QED) is 0.845. The van der Waals surface area contributed by atoms with E-state index in [1.54, 1.807) is 0 Å². The zero-order valence-corrected chi connectivity index (χ0v) is 10.1. The van der Waals surface area contributed by atoms with Crippen LogP contribution in [0, 0.1) is 0 Å². The lowest BCUT2D eigenvalue weighted by molar-refractivity contribution is -0.119. The Morgan fingerprint density at radius 2 is 2.36 bits per heavy atom. The van der Waals surface area contributed by atoms with E-state index in [0.717, 1.165) is 10.0 Å². The molecule has 1 aromatic carbocycles. The Balaban J connectivity index is 2.69. The molecule has 1 N–H and O–H groups in total. The molecule has 1 atom stereocenters. The molecule has 0 aliphatic heterocycles. The number of rotatable bonds is 3. The van der Waals surface area contributed by atoms with Crippen LogP contribution in [0.3, 0.4) is 0 Å². The van der Waals surface area contributed by atoms with Gasteiger partial charge in [-0.15, -0.1) is 11.6 Å². The zero-order valence-electron chi connectivity index (χ0n) is 7.76. The van der Waals surface area contributed by atoms with Crippen LogP contribution >= 0.6 is 27.5 Å². The fourth-order valence-corrected chi connectivity index (χ4v) is 1.63. The van der Waals surface area contributed by atoms with E-state index >= 15 is 0 Å². The van der Waals surface area contributed by atoms with Crippen molar-refractivity contribution in [2.75, 3.05) is 5.88 Å². The van der Waals surface area contributed by atoms with E-state index in [1.165, 1.54) is 0 Å². The summed E-state index contributed by atoms with van der Waals surface area (Å²) in [5, 5.41) is 2.78. The lowest BCUT2D eigenvalue weighted by Gasteiger charge is -2.13. The van der Waals surface area contributed by atoms with Gasteiger partial charge in [0.1, 0.15) is 5.88 Å². The molecular formula is C10H11BrClNO. The Bertz CT molecular complexity index is 330. The molecule has 0 fully saturated rings. The van der Waals surface area contributed by atoms with Crippen LogP contribution in [-0.2, 0) is 4.79 Å². The normalized spacial score (nSPS) is 12.2. The van der Waals surface area contributed by atoms with Gasteiger partial charge in [-0.2, -0.15) is 0 Å². The van der Waals surface area contributed by atoms with Crippen molar-refractivity contribution in [3.8, 4) is 0 Å². The highest BCUT2D eigenvalue weighted by Gasteiger charge is 2.08. The molecule has 0 bridgehead atoms. The molecule has 2 nitrogen and oxygen atoms in total. The van der Waals surface area contributed by atoms with Gasteiger partial charge in [0, 0.05) is 4.47 Å². The summed E-state index contributed by atoms with van der Waals surface area (Å²) in [5.74, 6) is -0.155. The standard InChI is InChI=1S/C10H11BrClNO/c1-7(13-10(14)6-12)8-3-2-4-9(11)5-8/h2-5,7H,6H2,1H3,(H,13,14)/t7-/m0/s1. The minimum atomic E-state index is -0.154. The first-order chi connectivity index (χ1) is 6.63. The number of hydrogen-bond acceptors (Lipinski definition) is 1. The highest BCUT2D eigenvalue weighted by Crippen LogP contribution is 2.17. The van der Waals surface area contributed by atoms with Crippen LogP contribution in [0.5, 0.6) is 0 Å². The Labute approximate surface area is 96.8 Å². The number of benzene rings is 1. The van der Waals surface area contributed by atoms with E-state index < -0.39 is 0 Å². The van der Waals surface area contributed by atoms with Gasteiger partial charge in [0.15, 0.2) is 0 Å². The van der Waals surface area contributed by atoms with E-state index in [9.17, 15) is 4.79 Å². The summed E-state index contributed by atoms with van der Waals surface area (Å²) in [6, 6.07) is 7.80. The van der Waals surface area contributed by atoms with Gasteiger partial charge in [0.2, 0.25) is 5.91 Å². The average molecular weight is 277 g/mol. The van der Waals surface area contributed by atoms with Crippen LogP contribution in [0.25, 0.3) is 0 Å². The average Bonchev–Trinajstić information content (AvgIpc) is 2.17. The van der Waals surface area contributed by atoms with E-state index in [4.69, 9.17) is 11.6 Å². The summed E-state index contributed by atoms with van der Waals surface area (Å²) in [7, 11) is 0. The number of alkyl halides is 1. The van der Waals surface area contributed by atoms with Gasteiger partial charge in [-0.05, 0) is 24.6 Å². The summed E-state index contributed by atoms with van der Waals surface area (Å²) in [5.41, 5.74) is 1.05. The number of nitrogens with one attached hydrogen (secondary N) is 1. The number of amides is 1. The van der Waals surface area contributed by atoms with E-state index in [2.05, 4.69) is 21.2 Å². The fourth-order valence-electron chi connectivity index (χ4n) is 1.14. The molecule has 14 heavy (non-hydrogen) atoms. The third-order valence-electron chi connectivity index (χ3n) is 1.85. The van der Waals surface area contributed by atoms with E-state index in [-0.39, 0.29) is 17.8 Å². The number of hydrogen-bond donors (Lipinski definition) is 1. The minimum absolute atomic E-state index is 0.00164. The number of carbonyl (C=O) groups excluding carboxylic acids is 1. The summed E-state index contributed by atoms with van der Waals surface area (Å²) in [6.45, 7) is 1.92. The van der Waals surface area contributed by atoms with Gasteiger partial charge in [-0.25, -0.2) is 0 Å². The first-order valence-corrected chi connectivity index (χ1v) is 5.57. The molecule has 0 radical (unpaired) electrons. The van der Waals surface area contributed by atoms with Crippen LogP contribution in [0.4, 0.5) is 0 Å². The molecular weight excluding hydrogens is 265 g/mol. The molecule has 4 heteroatoms. The van der Waals surface area contributed by atoms with Gasteiger partial charge in [0.25, 0.3) is 0 Å². The summed E-state index contributed by atoms with van der Waals surface area (Å²) in [4.78, 5) is 11.0. The molecule has 0 saturated carbocycles. The van der Waals surface area contributed by atoms with Crippen LogP contribution in [0.2, 0.25) is 0 Å². The van der Waals surface area contributed by atoms with Gasteiger partial charge < -0.3 is 5.32 Å². The lowest BCUT2D eigenvalue weighted by atomic mass is 10.1. The van der Waals surface area contributed by atoms with Crippen LogP contribution in [0.1, 0.15) is 18.5 Å². The fraction of sp³-hybridized carbons (Fsp3) is 0.300. The van der Waals surface area contributed by atoms with Crippen molar-refractivity contribution in [2.24, 2.45) is 0 Å². The van der Waals surface area contributed by atoms with Crippen molar-refractivity contribution in [2.45, 2.75) is 13.0 Å². The van der Waals surface area contributed by atoms with Gasteiger partial charge >= 0.3 is 0 Å². The smallest absolute Gasteiger partial charge is 0.235 e. The van der Waals surface area contributed by atoms with Crippen molar-refractivity contribution in [3.63, 3.8) is 0 Å². The van der Waals surface area contributed by atoms with Crippen LogP contribution < -0.4 is 5.32 Å². The number of carbonyl (C=O) groups is 1. The van der Waals surface area contributed by atoms with Gasteiger partial charge in [-0.3, -0.25) is 4.79 Å². The first-order valence-electron chi connectivity index (χ1n) is 4.24. The summed E-state index contributed by atoms with van der Waals surface area (Å²) in [6.07, 6.45) is 0. The molecule has 1 aromatic rings. The maximum atomic E-state index is 11.0. The second kappa shape index (κ2) is 5.37. The maximum absolute atomic E-state index is 11.0. The Kier molecular flexibility index (Phi) is 4.42. The van der Waals surface area contributed by atoms with Crippen molar-refractivity contribution in [1.29, 1.82) is 0 Å².